The number of hydrogen-bond donors (Lipinski definition) is 1. The van der Waals surface area contributed by atoms with Gasteiger partial charge in [0.2, 0.25) is 0 Å². The number of benzene rings is 2. The molecule has 6 heteroatoms. The lowest BCUT2D eigenvalue weighted by molar-refractivity contribution is -0.132. The topological polar surface area (TPSA) is 66.8 Å². The van der Waals surface area contributed by atoms with Crippen molar-refractivity contribution in [3.63, 3.8) is 0 Å². The van der Waals surface area contributed by atoms with E-state index in [1.54, 1.807) is 37.4 Å². The number of Topliss-reactive ketones (excluding diaryl/α,β-unsaturated/α-hetero) is 1. The molecule has 1 aliphatic heterocycles. The van der Waals surface area contributed by atoms with Gasteiger partial charge in [0, 0.05) is 22.2 Å². The molecule has 0 radical (unpaired) electrons. The number of aliphatic hydroxyl groups is 1. The molecule has 1 aliphatic rings. The van der Waals surface area contributed by atoms with Crippen molar-refractivity contribution in [2.75, 3.05) is 12.0 Å². The van der Waals surface area contributed by atoms with Gasteiger partial charge in [-0.25, -0.2) is 0 Å². The lowest BCUT2D eigenvalue weighted by Gasteiger charge is -2.24. The van der Waals surface area contributed by atoms with Crippen LogP contribution in [0.2, 0.25) is 0 Å². The smallest absolute Gasteiger partial charge is 0.300 e. The van der Waals surface area contributed by atoms with Crippen molar-refractivity contribution in [2.45, 2.75) is 19.9 Å². The molecule has 1 unspecified atom stereocenters. The maximum absolute atomic E-state index is 13.1. The normalized spacial score (nSPS) is 18.1. The average Bonchev–Trinajstić information content (AvgIpc) is 3.37. The van der Waals surface area contributed by atoms with Crippen molar-refractivity contribution in [3.8, 4) is 5.75 Å². The quantitative estimate of drug-likeness (QED) is 0.367. The van der Waals surface area contributed by atoms with Crippen LogP contribution >= 0.6 is 11.3 Å². The molecular formula is C24H21NO4S. The SMILES string of the molecule is COc1cccc(N2C(=O)C(=O)/C(=C(\O)c3ccc(C)c(C)c3)C2c2cccs2)c1. The summed E-state index contributed by atoms with van der Waals surface area (Å²) in [6.45, 7) is 3.92. The van der Waals surface area contributed by atoms with Gasteiger partial charge in [-0.3, -0.25) is 14.5 Å². The third-order valence-electron chi connectivity index (χ3n) is 5.37. The highest BCUT2D eigenvalue weighted by Crippen LogP contribution is 2.44. The molecule has 4 rings (SSSR count). The fraction of sp³-hybridized carbons (Fsp3) is 0.167. The fourth-order valence-electron chi connectivity index (χ4n) is 3.62. The molecule has 152 valence electrons. The number of aliphatic hydroxyl groups excluding tert-OH is 1. The van der Waals surface area contributed by atoms with Gasteiger partial charge in [0.25, 0.3) is 11.7 Å². The second-order valence-electron chi connectivity index (χ2n) is 7.19. The zero-order valence-corrected chi connectivity index (χ0v) is 17.7. The number of thiophene rings is 1. The van der Waals surface area contributed by atoms with Crippen molar-refractivity contribution >= 4 is 34.5 Å². The van der Waals surface area contributed by atoms with Crippen LogP contribution in [0.15, 0.2) is 65.6 Å². The van der Waals surface area contributed by atoms with Crippen LogP contribution in [0.1, 0.15) is 27.6 Å². The molecule has 0 spiro atoms. The first-order chi connectivity index (χ1) is 14.4. The van der Waals surface area contributed by atoms with E-state index in [0.29, 0.717) is 17.0 Å². The Labute approximate surface area is 178 Å². The molecule has 3 aromatic rings. The Hall–Kier alpha value is -3.38. The summed E-state index contributed by atoms with van der Waals surface area (Å²) in [6, 6.07) is 15.5. The zero-order chi connectivity index (χ0) is 21.4. The van der Waals surface area contributed by atoms with Crippen molar-refractivity contribution in [1.29, 1.82) is 0 Å². The first kappa shape index (κ1) is 19.9. The van der Waals surface area contributed by atoms with Crippen LogP contribution in [0.4, 0.5) is 5.69 Å². The molecule has 1 atom stereocenters. The molecule has 1 fully saturated rings. The van der Waals surface area contributed by atoms with Crippen molar-refractivity contribution in [3.05, 3.63) is 87.1 Å². The molecular weight excluding hydrogens is 398 g/mol. The minimum Gasteiger partial charge on any atom is -0.507 e. The van der Waals surface area contributed by atoms with E-state index in [0.717, 1.165) is 16.0 Å². The largest absolute Gasteiger partial charge is 0.507 e. The van der Waals surface area contributed by atoms with E-state index in [2.05, 4.69) is 0 Å². The molecule has 1 amide bonds. The summed E-state index contributed by atoms with van der Waals surface area (Å²) in [6.07, 6.45) is 0. The second kappa shape index (κ2) is 7.80. The van der Waals surface area contributed by atoms with Crippen LogP contribution in [0.3, 0.4) is 0 Å². The lowest BCUT2D eigenvalue weighted by atomic mass is 9.97. The summed E-state index contributed by atoms with van der Waals surface area (Å²) >= 11 is 1.43. The first-order valence-electron chi connectivity index (χ1n) is 9.48. The number of carbonyl (C=O) groups excluding carboxylic acids is 2. The van der Waals surface area contributed by atoms with Gasteiger partial charge in [-0.15, -0.1) is 11.3 Å². The minimum absolute atomic E-state index is 0.0912. The number of hydrogen-bond acceptors (Lipinski definition) is 5. The number of ether oxygens (including phenoxy) is 1. The van der Waals surface area contributed by atoms with Gasteiger partial charge in [0.1, 0.15) is 17.6 Å². The molecule has 2 aromatic carbocycles. The fourth-order valence-corrected chi connectivity index (χ4v) is 4.44. The summed E-state index contributed by atoms with van der Waals surface area (Å²) < 4.78 is 5.29. The Balaban J connectivity index is 1.92. The molecule has 1 saturated heterocycles. The predicted octanol–water partition coefficient (Wildman–Crippen LogP) is 5.00. The summed E-state index contributed by atoms with van der Waals surface area (Å²) in [7, 11) is 1.55. The van der Waals surface area contributed by atoms with Crippen LogP contribution in [0, 0.1) is 13.8 Å². The van der Waals surface area contributed by atoms with Gasteiger partial charge in [0.05, 0.1) is 12.7 Å². The third kappa shape index (κ3) is 3.29. The van der Waals surface area contributed by atoms with E-state index in [9.17, 15) is 14.7 Å². The minimum atomic E-state index is -0.710. The number of rotatable bonds is 4. The monoisotopic (exact) mass is 419 g/mol. The standard InChI is InChI=1S/C24H21NO4S/c1-14-9-10-16(12-15(14)2)22(26)20-21(19-8-5-11-30-19)25(24(28)23(20)27)17-6-4-7-18(13-17)29-3/h4-13,21,26H,1-3H3/b22-20-. The Morgan fingerprint density at radius 1 is 1.03 bits per heavy atom. The summed E-state index contributed by atoms with van der Waals surface area (Å²) in [5.74, 6) is -0.965. The number of amides is 1. The maximum atomic E-state index is 13.1. The molecule has 0 saturated carbocycles. The molecule has 1 N–H and O–H groups in total. The Morgan fingerprint density at radius 2 is 1.83 bits per heavy atom. The number of methoxy groups -OCH3 is 1. The molecule has 5 nitrogen and oxygen atoms in total. The highest BCUT2D eigenvalue weighted by molar-refractivity contribution is 7.10. The van der Waals surface area contributed by atoms with Gasteiger partial charge in [-0.05, 0) is 54.6 Å². The van der Waals surface area contributed by atoms with E-state index in [-0.39, 0.29) is 11.3 Å². The predicted molar refractivity (Wildman–Crippen MR) is 118 cm³/mol. The van der Waals surface area contributed by atoms with Gasteiger partial charge < -0.3 is 9.84 Å². The summed E-state index contributed by atoms with van der Waals surface area (Å²) in [5.41, 5.74) is 3.22. The Morgan fingerprint density at radius 3 is 2.50 bits per heavy atom. The van der Waals surface area contributed by atoms with Crippen LogP contribution in [0.25, 0.3) is 5.76 Å². The van der Waals surface area contributed by atoms with Crippen LogP contribution < -0.4 is 9.64 Å². The highest BCUT2D eigenvalue weighted by atomic mass is 32.1. The van der Waals surface area contributed by atoms with E-state index in [1.165, 1.54) is 16.2 Å². The van der Waals surface area contributed by atoms with Crippen LogP contribution in [-0.2, 0) is 9.59 Å². The number of ketones is 1. The van der Waals surface area contributed by atoms with Gasteiger partial charge >= 0.3 is 0 Å². The number of anilines is 1. The molecule has 1 aromatic heterocycles. The third-order valence-corrected chi connectivity index (χ3v) is 6.29. The van der Waals surface area contributed by atoms with E-state index in [1.807, 2.05) is 43.5 Å². The van der Waals surface area contributed by atoms with Gasteiger partial charge in [-0.1, -0.05) is 24.3 Å². The van der Waals surface area contributed by atoms with Gasteiger partial charge in [0.15, 0.2) is 0 Å². The van der Waals surface area contributed by atoms with Crippen LogP contribution in [-0.4, -0.2) is 23.9 Å². The molecule has 0 bridgehead atoms. The van der Waals surface area contributed by atoms with E-state index >= 15 is 0 Å². The Bertz CT molecular complexity index is 1160. The van der Waals surface area contributed by atoms with Crippen molar-refractivity contribution < 1.29 is 19.4 Å². The molecule has 2 heterocycles. The van der Waals surface area contributed by atoms with Crippen molar-refractivity contribution in [2.24, 2.45) is 0 Å². The lowest BCUT2D eigenvalue weighted by Crippen LogP contribution is -2.29. The van der Waals surface area contributed by atoms with Crippen molar-refractivity contribution in [1.82, 2.24) is 0 Å². The highest BCUT2D eigenvalue weighted by Gasteiger charge is 2.47. The van der Waals surface area contributed by atoms with E-state index in [4.69, 9.17) is 4.74 Å². The zero-order valence-electron chi connectivity index (χ0n) is 16.9. The van der Waals surface area contributed by atoms with Gasteiger partial charge in [-0.2, -0.15) is 0 Å². The number of carbonyl (C=O) groups is 2. The summed E-state index contributed by atoms with van der Waals surface area (Å²) in [5, 5.41) is 13.0. The molecule has 30 heavy (non-hydrogen) atoms. The second-order valence-corrected chi connectivity index (χ2v) is 8.16. The number of nitrogens with zero attached hydrogens (tertiary/aromatic N) is 1. The number of aryl methyl sites for hydroxylation is 2. The van der Waals surface area contributed by atoms with E-state index < -0.39 is 17.7 Å². The Kier molecular flexibility index (Phi) is 5.18. The maximum Gasteiger partial charge on any atom is 0.300 e. The first-order valence-corrected chi connectivity index (χ1v) is 10.4. The summed E-state index contributed by atoms with van der Waals surface area (Å²) in [4.78, 5) is 28.4. The average molecular weight is 420 g/mol. The van der Waals surface area contributed by atoms with Crippen LogP contribution in [0.5, 0.6) is 5.75 Å². The molecule has 0 aliphatic carbocycles.